The maximum Gasteiger partial charge on any atom is 0.170 e. The van der Waals surface area contributed by atoms with Gasteiger partial charge in [-0.05, 0) is 25.0 Å². The van der Waals surface area contributed by atoms with Crippen LogP contribution >= 0.6 is 0 Å². The summed E-state index contributed by atoms with van der Waals surface area (Å²) < 4.78 is 18.8. The van der Waals surface area contributed by atoms with Gasteiger partial charge in [-0.2, -0.15) is 0 Å². The molecule has 16 heavy (non-hydrogen) atoms. The van der Waals surface area contributed by atoms with Gasteiger partial charge in [-0.3, -0.25) is 0 Å². The summed E-state index contributed by atoms with van der Waals surface area (Å²) in [6, 6.07) is 6.48. The molecule has 1 heterocycles. The predicted molar refractivity (Wildman–Crippen MR) is 60.7 cm³/mol. The van der Waals surface area contributed by atoms with Crippen LogP contribution in [0.3, 0.4) is 0 Å². The van der Waals surface area contributed by atoms with Crippen molar-refractivity contribution < 1.29 is 13.9 Å². The number of halogens is 1. The van der Waals surface area contributed by atoms with Gasteiger partial charge in [-0.25, -0.2) is 4.39 Å². The number of fused-ring (bicyclic) bond motifs is 1. The van der Waals surface area contributed by atoms with Gasteiger partial charge in [0.2, 0.25) is 0 Å². The van der Waals surface area contributed by atoms with E-state index in [1.165, 1.54) is 6.07 Å². The summed E-state index contributed by atoms with van der Waals surface area (Å²) in [5.41, 5.74) is -0.774. The fourth-order valence-corrected chi connectivity index (χ4v) is 1.86. The van der Waals surface area contributed by atoms with Crippen LogP contribution in [0, 0.1) is 5.82 Å². The third-order valence-electron chi connectivity index (χ3n) is 3.12. The Bertz CT molecular complexity index is 498. The zero-order valence-corrected chi connectivity index (χ0v) is 9.46. The van der Waals surface area contributed by atoms with Crippen LogP contribution in [0.15, 0.2) is 28.7 Å². The van der Waals surface area contributed by atoms with Crippen molar-refractivity contribution in [3.63, 3.8) is 0 Å². The van der Waals surface area contributed by atoms with Gasteiger partial charge in [-0.15, -0.1) is 0 Å². The molecule has 0 radical (unpaired) electrons. The Morgan fingerprint density at radius 3 is 2.56 bits per heavy atom. The van der Waals surface area contributed by atoms with Crippen molar-refractivity contribution in [3.05, 3.63) is 35.8 Å². The molecule has 2 rings (SSSR count). The highest BCUT2D eigenvalue weighted by atomic mass is 19.1. The molecule has 86 valence electrons. The second-order valence-electron chi connectivity index (χ2n) is 4.01. The third-order valence-corrected chi connectivity index (χ3v) is 3.12. The molecular formula is C13H15FO2. The van der Waals surface area contributed by atoms with Gasteiger partial charge >= 0.3 is 0 Å². The zero-order valence-electron chi connectivity index (χ0n) is 9.46. The molecule has 0 aliphatic heterocycles. The van der Waals surface area contributed by atoms with Crippen LogP contribution in [0.5, 0.6) is 0 Å². The first kappa shape index (κ1) is 11.1. The number of furan rings is 1. The number of hydrogen-bond donors (Lipinski definition) is 1. The van der Waals surface area contributed by atoms with E-state index in [0.717, 1.165) is 0 Å². The van der Waals surface area contributed by atoms with E-state index in [9.17, 15) is 9.50 Å². The smallest absolute Gasteiger partial charge is 0.170 e. The predicted octanol–water partition coefficient (Wildman–Crippen LogP) is 3.58. The third kappa shape index (κ3) is 1.61. The average molecular weight is 222 g/mol. The van der Waals surface area contributed by atoms with Crippen LogP contribution < -0.4 is 0 Å². The van der Waals surface area contributed by atoms with Crippen LogP contribution in [0.4, 0.5) is 4.39 Å². The number of aliphatic hydroxyl groups is 1. The van der Waals surface area contributed by atoms with E-state index in [-0.39, 0.29) is 5.58 Å². The molecule has 0 amide bonds. The Kier molecular flexibility index (Phi) is 2.72. The minimum absolute atomic E-state index is 0.220. The number of benzene rings is 1. The van der Waals surface area contributed by atoms with Crippen molar-refractivity contribution >= 4 is 11.0 Å². The van der Waals surface area contributed by atoms with Crippen LogP contribution in [0.1, 0.15) is 32.4 Å². The average Bonchev–Trinajstić information content (AvgIpc) is 2.74. The van der Waals surface area contributed by atoms with Gasteiger partial charge in [0.15, 0.2) is 11.4 Å². The van der Waals surface area contributed by atoms with E-state index in [2.05, 4.69) is 0 Å². The standard InChI is InChI=1S/C13H15FO2/c1-3-13(15,4-2)11-8-9-6-5-7-10(14)12(9)16-11/h5-8,15H,3-4H2,1-2H3. The first-order valence-corrected chi connectivity index (χ1v) is 5.51. The van der Waals surface area contributed by atoms with E-state index >= 15 is 0 Å². The van der Waals surface area contributed by atoms with Crippen LogP contribution in [-0.2, 0) is 5.60 Å². The molecule has 1 aromatic carbocycles. The first-order chi connectivity index (χ1) is 7.60. The summed E-state index contributed by atoms with van der Waals surface area (Å²) >= 11 is 0. The highest BCUT2D eigenvalue weighted by Gasteiger charge is 2.29. The molecule has 0 atom stereocenters. The molecule has 0 fully saturated rings. The SMILES string of the molecule is CCC(O)(CC)c1cc2cccc(F)c2o1. The summed E-state index contributed by atoms with van der Waals surface area (Å²) in [5.74, 6) is 0.0518. The maximum absolute atomic E-state index is 13.4. The molecule has 0 aliphatic carbocycles. The lowest BCUT2D eigenvalue weighted by Crippen LogP contribution is -2.22. The summed E-state index contributed by atoms with van der Waals surface area (Å²) in [4.78, 5) is 0. The first-order valence-electron chi connectivity index (χ1n) is 5.51. The van der Waals surface area contributed by atoms with Crippen molar-refractivity contribution in [2.75, 3.05) is 0 Å². The fraction of sp³-hybridized carbons (Fsp3) is 0.385. The molecule has 1 N–H and O–H groups in total. The van der Waals surface area contributed by atoms with E-state index in [1.54, 1.807) is 18.2 Å². The maximum atomic E-state index is 13.4. The second kappa shape index (κ2) is 3.91. The fourth-order valence-electron chi connectivity index (χ4n) is 1.86. The van der Waals surface area contributed by atoms with Crippen molar-refractivity contribution in [2.45, 2.75) is 32.3 Å². The molecule has 1 aromatic heterocycles. The Balaban J connectivity index is 2.59. The summed E-state index contributed by atoms with van der Waals surface area (Å²) in [7, 11) is 0. The highest BCUT2D eigenvalue weighted by molar-refractivity contribution is 5.78. The normalized spacial score (nSPS) is 12.2. The summed E-state index contributed by atoms with van der Waals surface area (Å²) in [6.45, 7) is 3.76. The number of para-hydroxylation sites is 1. The number of rotatable bonds is 3. The Labute approximate surface area is 93.7 Å². The van der Waals surface area contributed by atoms with Crippen LogP contribution in [-0.4, -0.2) is 5.11 Å². The molecule has 3 heteroatoms. The van der Waals surface area contributed by atoms with E-state index < -0.39 is 11.4 Å². The quantitative estimate of drug-likeness (QED) is 0.861. The van der Waals surface area contributed by atoms with E-state index in [4.69, 9.17) is 4.42 Å². The molecule has 0 saturated carbocycles. The molecule has 2 nitrogen and oxygen atoms in total. The zero-order chi connectivity index (χ0) is 11.8. The van der Waals surface area contributed by atoms with Crippen LogP contribution in [0.2, 0.25) is 0 Å². The monoisotopic (exact) mass is 222 g/mol. The lowest BCUT2D eigenvalue weighted by Gasteiger charge is -2.21. The second-order valence-corrected chi connectivity index (χ2v) is 4.01. The van der Waals surface area contributed by atoms with Crippen molar-refractivity contribution in [1.29, 1.82) is 0 Å². The van der Waals surface area contributed by atoms with Gasteiger partial charge in [0.1, 0.15) is 11.4 Å². The van der Waals surface area contributed by atoms with E-state index in [1.807, 2.05) is 13.8 Å². The molecule has 0 spiro atoms. The molecule has 0 bridgehead atoms. The van der Waals surface area contributed by atoms with E-state index in [0.29, 0.717) is 24.0 Å². The molecule has 0 aliphatic rings. The highest BCUT2D eigenvalue weighted by Crippen LogP contribution is 2.33. The minimum Gasteiger partial charge on any atom is -0.455 e. The molecule has 2 aromatic rings. The summed E-state index contributed by atoms with van der Waals surface area (Å²) in [5, 5.41) is 11.0. The topological polar surface area (TPSA) is 33.4 Å². The van der Waals surface area contributed by atoms with Crippen LogP contribution in [0.25, 0.3) is 11.0 Å². The van der Waals surface area contributed by atoms with Gasteiger partial charge in [-0.1, -0.05) is 26.0 Å². The Hall–Kier alpha value is -1.35. The molecular weight excluding hydrogens is 207 g/mol. The lowest BCUT2D eigenvalue weighted by atomic mass is 9.94. The lowest BCUT2D eigenvalue weighted by molar-refractivity contribution is 0.00819. The molecule has 0 saturated heterocycles. The van der Waals surface area contributed by atoms with Gasteiger partial charge in [0.25, 0.3) is 0 Å². The Morgan fingerprint density at radius 1 is 1.31 bits per heavy atom. The summed E-state index contributed by atoms with van der Waals surface area (Å²) in [6.07, 6.45) is 1.09. The van der Waals surface area contributed by atoms with Crippen molar-refractivity contribution in [3.8, 4) is 0 Å². The van der Waals surface area contributed by atoms with Crippen molar-refractivity contribution in [2.24, 2.45) is 0 Å². The largest absolute Gasteiger partial charge is 0.455 e. The molecule has 0 unspecified atom stereocenters. The number of hydrogen-bond acceptors (Lipinski definition) is 2. The van der Waals surface area contributed by atoms with Crippen molar-refractivity contribution in [1.82, 2.24) is 0 Å². The van der Waals surface area contributed by atoms with Gasteiger partial charge in [0.05, 0.1) is 0 Å². The minimum atomic E-state index is -0.995. The van der Waals surface area contributed by atoms with Gasteiger partial charge < -0.3 is 9.52 Å². The Morgan fingerprint density at radius 2 is 2.00 bits per heavy atom. The van der Waals surface area contributed by atoms with Gasteiger partial charge in [0, 0.05) is 5.39 Å².